The van der Waals surface area contributed by atoms with Crippen molar-refractivity contribution in [2.45, 2.75) is 25.0 Å². The average molecular weight is 250 g/mol. The van der Waals surface area contributed by atoms with Gasteiger partial charge in [-0.15, -0.1) is 0 Å². The van der Waals surface area contributed by atoms with E-state index in [9.17, 15) is 9.50 Å². The molecule has 0 spiro atoms. The lowest BCUT2D eigenvalue weighted by atomic mass is 10.1. The fraction of sp³-hybridized carbons (Fsp3) is 0.429. The highest BCUT2D eigenvalue weighted by Crippen LogP contribution is 2.40. The molecule has 0 radical (unpaired) electrons. The molecule has 0 bridgehead atoms. The van der Waals surface area contributed by atoms with Crippen molar-refractivity contribution in [3.8, 4) is 0 Å². The number of halogens is 1. The molecule has 0 amide bonds. The minimum absolute atomic E-state index is 0.192. The molecular weight excluding hydrogens is 235 g/mol. The van der Waals surface area contributed by atoms with E-state index < -0.39 is 11.9 Å². The highest BCUT2D eigenvalue weighted by atomic mass is 19.1. The molecule has 1 aliphatic carbocycles. The predicted molar refractivity (Wildman–Crippen MR) is 64.7 cm³/mol. The van der Waals surface area contributed by atoms with E-state index in [0.717, 1.165) is 12.8 Å². The van der Waals surface area contributed by atoms with Crippen LogP contribution in [0.15, 0.2) is 28.7 Å². The number of para-hydroxylation sites is 1. The molecule has 1 N–H and O–H groups in total. The molecule has 0 aliphatic heterocycles. The number of benzene rings is 1. The standard InChI is InChI=1S/C14H15FO3/c1-17-14(8-5-6-8)12(16)11-7-9-3-2-4-10(15)13(9)18-11/h2-4,7-8,12,14,16H,5-6H2,1H3. The summed E-state index contributed by atoms with van der Waals surface area (Å²) in [7, 11) is 1.58. The summed E-state index contributed by atoms with van der Waals surface area (Å²) < 4.78 is 24.2. The fourth-order valence-corrected chi connectivity index (χ4v) is 2.36. The average Bonchev–Trinajstić information content (AvgIpc) is 3.08. The zero-order valence-electron chi connectivity index (χ0n) is 10.1. The summed E-state index contributed by atoms with van der Waals surface area (Å²) in [6.45, 7) is 0. The molecule has 96 valence electrons. The van der Waals surface area contributed by atoms with E-state index in [0.29, 0.717) is 17.1 Å². The highest BCUT2D eigenvalue weighted by molar-refractivity contribution is 5.78. The number of aliphatic hydroxyl groups is 1. The van der Waals surface area contributed by atoms with Gasteiger partial charge in [0.1, 0.15) is 11.9 Å². The minimum atomic E-state index is -0.839. The van der Waals surface area contributed by atoms with Crippen molar-refractivity contribution in [2.24, 2.45) is 5.92 Å². The van der Waals surface area contributed by atoms with Gasteiger partial charge in [0.15, 0.2) is 11.4 Å². The molecule has 1 aliphatic rings. The van der Waals surface area contributed by atoms with Crippen LogP contribution in [-0.4, -0.2) is 18.3 Å². The molecule has 3 rings (SSSR count). The number of hydrogen-bond acceptors (Lipinski definition) is 3. The Morgan fingerprint density at radius 2 is 2.22 bits per heavy atom. The van der Waals surface area contributed by atoms with Crippen molar-refractivity contribution in [2.75, 3.05) is 7.11 Å². The Morgan fingerprint density at radius 3 is 2.83 bits per heavy atom. The molecule has 18 heavy (non-hydrogen) atoms. The van der Waals surface area contributed by atoms with Crippen LogP contribution in [0.25, 0.3) is 11.0 Å². The zero-order valence-corrected chi connectivity index (χ0v) is 10.1. The molecular formula is C14H15FO3. The lowest BCUT2D eigenvalue weighted by molar-refractivity contribution is -0.0348. The van der Waals surface area contributed by atoms with Crippen LogP contribution in [0, 0.1) is 11.7 Å². The summed E-state index contributed by atoms with van der Waals surface area (Å²) in [6.07, 6.45) is 1.01. The maximum Gasteiger partial charge on any atom is 0.170 e. The largest absolute Gasteiger partial charge is 0.455 e. The van der Waals surface area contributed by atoms with Crippen LogP contribution in [0.5, 0.6) is 0 Å². The predicted octanol–water partition coefficient (Wildman–Crippen LogP) is 3.03. The van der Waals surface area contributed by atoms with Crippen LogP contribution in [0.2, 0.25) is 0 Å². The van der Waals surface area contributed by atoms with Gasteiger partial charge < -0.3 is 14.3 Å². The first-order valence-electron chi connectivity index (χ1n) is 6.09. The number of methoxy groups -OCH3 is 1. The van der Waals surface area contributed by atoms with Crippen LogP contribution in [0.4, 0.5) is 4.39 Å². The Labute approximate surface area is 104 Å². The lowest BCUT2D eigenvalue weighted by Gasteiger charge is -2.19. The van der Waals surface area contributed by atoms with Gasteiger partial charge in [0.25, 0.3) is 0 Å². The zero-order chi connectivity index (χ0) is 12.7. The van der Waals surface area contributed by atoms with Crippen LogP contribution in [0.1, 0.15) is 24.7 Å². The maximum atomic E-state index is 13.5. The molecule has 2 aromatic rings. The van der Waals surface area contributed by atoms with Crippen molar-refractivity contribution >= 4 is 11.0 Å². The van der Waals surface area contributed by atoms with Gasteiger partial charge in [-0.1, -0.05) is 12.1 Å². The van der Waals surface area contributed by atoms with Crippen LogP contribution in [-0.2, 0) is 4.74 Å². The molecule has 2 unspecified atom stereocenters. The van der Waals surface area contributed by atoms with E-state index in [1.165, 1.54) is 6.07 Å². The summed E-state index contributed by atoms with van der Waals surface area (Å²) in [5.41, 5.74) is 0.192. The van der Waals surface area contributed by atoms with Gasteiger partial charge >= 0.3 is 0 Å². The lowest BCUT2D eigenvalue weighted by Crippen LogP contribution is -2.22. The fourth-order valence-electron chi connectivity index (χ4n) is 2.36. The van der Waals surface area contributed by atoms with E-state index in [2.05, 4.69) is 0 Å². The first-order chi connectivity index (χ1) is 8.70. The van der Waals surface area contributed by atoms with Gasteiger partial charge in [0.2, 0.25) is 0 Å². The summed E-state index contributed by atoms with van der Waals surface area (Å²) in [5.74, 6) is 0.336. The second kappa shape index (κ2) is 4.37. The quantitative estimate of drug-likeness (QED) is 0.907. The molecule has 1 fully saturated rings. The summed E-state index contributed by atoms with van der Waals surface area (Å²) in [4.78, 5) is 0. The second-order valence-corrected chi connectivity index (χ2v) is 4.79. The number of fused-ring (bicyclic) bond motifs is 1. The van der Waals surface area contributed by atoms with E-state index in [1.54, 1.807) is 25.3 Å². The van der Waals surface area contributed by atoms with Crippen molar-refractivity contribution < 1.29 is 18.7 Å². The summed E-state index contributed by atoms with van der Waals surface area (Å²) in [6, 6.07) is 6.41. The molecule has 1 aromatic heterocycles. The number of rotatable bonds is 4. The normalized spacial score (nSPS) is 19.1. The molecule has 3 nitrogen and oxygen atoms in total. The molecule has 1 saturated carbocycles. The molecule has 4 heteroatoms. The topological polar surface area (TPSA) is 42.6 Å². The van der Waals surface area contributed by atoms with Crippen LogP contribution in [0.3, 0.4) is 0 Å². The smallest absolute Gasteiger partial charge is 0.170 e. The molecule has 1 heterocycles. The van der Waals surface area contributed by atoms with Gasteiger partial charge in [0.05, 0.1) is 6.10 Å². The number of ether oxygens (including phenoxy) is 1. The maximum absolute atomic E-state index is 13.5. The van der Waals surface area contributed by atoms with E-state index >= 15 is 0 Å². The minimum Gasteiger partial charge on any atom is -0.455 e. The van der Waals surface area contributed by atoms with Gasteiger partial charge in [-0.05, 0) is 30.9 Å². The summed E-state index contributed by atoms with van der Waals surface area (Å²) in [5, 5.41) is 10.9. The number of furan rings is 1. The first-order valence-corrected chi connectivity index (χ1v) is 6.09. The van der Waals surface area contributed by atoms with E-state index in [-0.39, 0.29) is 11.7 Å². The van der Waals surface area contributed by atoms with Crippen molar-refractivity contribution in [1.82, 2.24) is 0 Å². The Kier molecular flexibility index (Phi) is 2.84. The Bertz CT molecular complexity index is 559. The third kappa shape index (κ3) is 1.91. The Balaban J connectivity index is 1.95. The first kappa shape index (κ1) is 11.7. The third-order valence-electron chi connectivity index (χ3n) is 3.48. The molecule has 1 aromatic carbocycles. The highest BCUT2D eigenvalue weighted by Gasteiger charge is 2.38. The second-order valence-electron chi connectivity index (χ2n) is 4.79. The monoisotopic (exact) mass is 250 g/mol. The Morgan fingerprint density at radius 1 is 1.44 bits per heavy atom. The third-order valence-corrected chi connectivity index (χ3v) is 3.48. The molecule has 2 atom stereocenters. The molecule has 0 saturated heterocycles. The van der Waals surface area contributed by atoms with Gasteiger partial charge in [-0.25, -0.2) is 4.39 Å². The van der Waals surface area contributed by atoms with Gasteiger partial charge in [0, 0.05) is 12.5 Å². The van der Waals surface area contributed by atoms with E-state index in [1.807, 2.05) is 0 Å². The van der Waals surface area contributed by atoms with Crippen molar-refractivity contribution in [3.63, 3.8) is 0 Å². The van der Waals surface area contributed by atoms with Crippen molar-refractivity contribution in [1.29, 1.82) is 0 Å². The van der Waals surface area contributed by atoms with Gasteiger partial charge in [-0.3, -0.25) is 0 Å². The summed E-state index contributed by atoms with van der Waals surface area (Å²) >= 11 is 0. The van der Waals surface area contributed by atoms with Crippen LogP contribution >= 0.6 is 0 Å². The van der Waals surface area contributed by atoms with Crippen LogP contribution < -0.4 is 0 Å². The van der Waals surface area contributed by atoms with Gasteiger partial charge in [-0.2, -0.15) is 0 Å². The Hall–Kier alpha value is -1.39. The SMILES string of the molecule is COC(C1CC1)C(O)c1cc2cccc(F)c2o1. The number of aliphatic hydroxyl groups excluding tert-OH is 1. The van der Waals surface area contributed by atoms with E-state index in [4.69, 9.17) is 9.15 Å². The van der Waals surface area contributed by atoms with Crippen molar-refractivity contribution in [3.05, 3.63) is 35.8 Å². The number of hydrogen-bond donors (Lipinski definition) is 1.